The molecule has 0 bridgehead atoms. The molecule has 1 fully saturated rings. The van der Waals surface area contributed by atoms with Crippen molar-refractivity contribution in [1.29, 1.82) is 0 Å². The van der Waals surface area contributed by atoms with Gasteiger partial charge < -0.3 is 9.57 Å². The Morgan fingerprint density at radius 3 is 2.48 bits per heavy atom. The molecular formula is C20H36N3O4+. The third-order valence-electron chi connectivity index (χ3n) is 4.85. The van der Waals surface area contributed by atoms with Crippen molar-refractivity contribution in [1.82, 2.24) is 9.96 Å². The van der Waals surface area contributed by atoms with E-state index in [0.717, 1.165) is 19.4 Å². The largest absolute Gasteiger partial charge is 0.460 e. The highest BCUT2D eigenvalue weighted by atomic mass is 16.7. The standard InChI is InChI=1S/C20H35N3O4/c1-19(2,3)15-13-16(27-22(15)7)21-18(25)14-9-8-11-23(14)12-10-17(24)26-20(4,5)6/h13-15H,8-12H2,1-7H3,(H,21,25)/p+1/t14-,15?/m0/s1. The summed E-state index contributed by atoms with van der Waals surface area (Å²) in [6, 6.07) is -0.0562. The Kier molecular flexibility index (Phi) is 6.71. The molecule has 1 amide bonds. The first-order valence-corrected chi connectivity index (χ1v) is 9.84. The highest BCUT2D eigenvalue weighted by Gasteiger charge is 2.39. The monoisotopic (exact) mass is 382 g/mol. The Bertz CT molecular complexity index is 589. The average Bonchev–Trinajstić information content (AvgIpc) is 3.09. The van der Waals surface area contributed by atoms with Crippen LogP contribution < -0.4 is 5.32 Å². The first kappa shape index (κ1) is 21.9. The maximum Gasteiger partial charge on any atom is 0.335 e. The van der Waals surface area contributed by atoms with Gasteiger partial charge in [-0.05, 0) is 45.6 Å². The zero-order valence-electron chi connectivity index (χ0n) is 17.9. The zero-order chi connectivity index (χ0) is 20.4. The van der Waals surface area contributed by atoms with E-state index < -0.39 is 5.60 Å². The van der Waals surface area contributed by atoms with Gasteiger partial charge in [0.05, 0.1) is 12.5 Å². The fourth-order valence-electron chi connectivity index (χ4n) is 3.66. The summed E-state index contributed by atoms with van der Waals surface area (Å²) in [7, 11) is 1.89. The predicted octanol–water partition coefficient (Wildman–Crippen LogP) is 1.41. The van der Waals surface area contributed by atoms with Gasteiger partial charge in [-0.2, -0.15) is 0 Å². The normalized spacial score (nSPS) is 24.6. The number of likely N-dealkylation sites (N-methyl/N-ethyl adjacent to an activating group) is 1. The van der Waals surface area contributed by atoms with Crippen molar-refractivity contribution in [3.8, 4) is 0 Å². The van der Waals surface area contributed by atoms with Crippen LogP contribution >= 0.6 is 0 Å². The van der Waals surface area contributed by atoms with Gasteiger partial charge in [0.15, 0.2) is 0 Å². The molecule has 0 saturated carbocycles. The summed E-state index contributed by atoms with van der Waals surface area (Å²) in [4.78, 5) is 32.6. The maximum atomic E-state index is 12.8. The molecule has 0 radical (unpaired) electrons. The van der Waals surface area contributed by atoms with Gasteiger partial charge in [-0.25, -0.2) is 10.1 Å². The molecule has 0 aliphatic carbocycles. The van der Waals surface area contributed by atoms with Crippen LogP contribution in [0.5, 0.6) is 0 Å². The molecule has 2 atom stereocenters. The SMILES string of the molecule is CN1OC([NH2+]C(=O)[C@@H]2CCCN2CCC(=O)OC(C)(C)C)=CC1C(C)(C)C. The number of rotatable bonds is 5. The molecule has 0 aromatic heterocycles. The molecule has 7 heteroatoms. The van der Waals surface area contributed by atoms with Gasteiger partial charge in [-0.1, -0.05) is 20.8 Å². The number of hydrogen-bond acceptors (Lipinski definition) is 6. The lowest BCUT2D eigenvalue weighted by Crippen LogP contribution is -2.89. The minimum atomic E-state index is -0.479. The van der Waals surface area contributed by atoms with Crippen molar-refractivity contribution in [2.75, 3.05) is 20.1 Å². The van der Waals surface area contributed by atoms with Crippen molar-refractivity contribution in [2.24, 2.45) is 5.41 Å². The van der Waals surface area contributed by atoms with Crippen LogP contribution in [0.3, 0.4) is 0 Å². The van der Waals surface area contributed by atoms with E-state index in [-0.39, 0.29) is 29.4 Å². The Morgan fingerprint density at radius 2 is 1.93 bits per heavy atom. The number of ether oxygens (including phenoxy) is 1. The van der Waals surface area contributed by atoms with Crippen LogP contribution in [0.15, 0.2) is 12.0 Å². The van der Waals surface area contributed by atoms with Crippen LogP contribution in [0, 0.1) is 5.41 Å². The van der Waals surface area contributed by atoms with E-state index in [1.165, 1.54) is 0 Å². The lowest BCUT2D eigenvalue weighted by Gasteiger charge is -2.28. The van der Waals surface area contributed by atoms with Gasteiger partial charge in [-0.3, -0.25) is 9.69 Å². The number of nitrogens with zero attached hydrogens (tertiary/aromatic N) is 2. The van der Waals surface area contributed by atoms with Gasteiger partial charge >= 0.3 is 17.8 Å². The summed E-state index contributed by atoms with van der Waals surface area (Å²) >= 11 is 0. The van der Waals surface area contributed by atoms with E-state index in [1.807, 2.05) is 33.9 Å². The van der Waals surface area contributed by atoms with Gasteiger partial charge in [-0.15, -0.1) is 5.06 Å². The Labute approximate surface area is 163 Å². The van der Waals surface area contributed by atoms with Gasteiger partial charge in [0.1, 0.15) is 11.6 Å². The fraction of sp³-hybridized carbons (Fsp3) is 0.800. The van der Waals surface area contributed by atoms with Crippen molar-refractivity contribution in [3.63, 3.8) is 0 Å². The molecule has 2 N–H and O–H groups in total. The second-order valence-corrected chi connectivity index (χ2v) is 9.59. The van der Waals surface area contributed by atoms with Crippen molar-refractivity contribution < 1.29 is 24.5 Å². The molecule has 7 nitrogen and oxygen atoms in total. The molecule has 0 aromatic rings. The predicted molar refractivity (Wildman–Crippen MR) is 102 cm³/mol. The first-order chi connectivity index (χ1) is 12.4. The summed E-state index contributed by atoms with van der Waals surface area (Å²) in [5.41, 5.74) is -0.451. The third-order valence-corrected chi connectivity index (χ3v) is 4.85. The molecule has 1 unspecified atom stereocenters. The molecular weight excluding hydrogens is 346 g/mol. The zero-order valence-corrected chi connectivity index (χ0v) is 17.9. The van der Waals surface area contributed by atoms with Gasteiger partial charge in [0.2, 0.25) is 0 Å². The number of quaternary nitrogens is 1. The number of amides is 1. The smallest absolute Gasteiger partial charge is 0.335 e. The van der Waals surface area contributed by atoms with Crippen LogP contribution in [0.2, 0.25) is 0 Å². The molecule has 1 saturated heterocycles. The average molecular weight is 383 g/mol. The van der Waals surface area contributed by atoms with Crippen LogP contribution in [0.25, 0.3) is 0 Å². The van der Waals surface area contributed by atoms with E-state index in [2.05, 4.69) is 25.7 Å². The second kappa shape index (κ2) is 8.29. The molecule has 27 heavy (non-hydrogen) atoms. The topological polar surface area (TPSA) is 75.7 Å². The lowest BCUT2D eigenvalue weighted by molar-refractivity contribution is -0.560. The van der Waals surface area contributed by atoms with Crippen molar-refractivity contribution in [3.05, 3.63) is 12.0 Å². The number of hydrogen-bond donors (Lipinski definition) is 1. The fourth-order valence-corrected chi connectivity index (χ4v) is 3.66. The quantitative estimate of drug-likeness (QED) is 0.725. The Morgan fingerprint density at radius 1 is 1.26 bits per heavy atom. The van der Waals surface area contributed by atoms with E-state index in [9.17, 15) is 9.59 Å². The van der Waals surface area contributed by atoms with E-state index in [4.69, 9.17) is 9.57 Å². The van der Waals surface area contributed by atoms with Gasteiger partial charge in [0.25, 0.3) is 0 Å². The molecule has 0 aromatic carbocycles. The van der Waals surface area contributed by atoms with E-state index in [0.29, 0.717) is 18.8 Å². The Balaban J connectivity index is 1.89. The number of hydroxylamine groups is 2. The third kappa shape index (κ3) is 6.30. The molecule has 2 aliphatic heterocycles. The molecule has 2 heterocycles. The van der Waals surface area contributed by atoms with Crippen LogP contribution in [0.1, 0.15) is 60.8 Å². The summed E-state index contributed by atoms with van der Waals surface area (Å²) in [5.74, 6) is 0.438. The van der Waals surface area contributed by atoms with E-state index >= 15 is 0 Å². The highest BCUT2D eigenvalue weighted by Crippen LogP contribution is 2.29. The van der Waals surface area contributed by atoms with Crippen LogP contribution in [0.4, 0.5) is 0 Å². The minimum absolute atomic E-state index is 0.0280. The number of esters is 1. The maximum absolute atomic E-state index is 12.8. The number of likely N-dealkylation sites (tertiary alicyclic amines) is 1. The van der Waals surface area contributed by atoms with Crippen LogP contribution in [-0.4, -0.2) is 59.7 Å². The summed E-state index contributed by atoms with van der Waals surface area (Å²) < 4.78 is 5.36. The van der Waals surface area contributed by atoms with Crippen molar-refractivity contribution in [2.45, 2.75) is 78.5 Å². The highest BCUT2D eigenvalue weighted by molar-refractivity contribution is 5.73. The number of carbonyl (C=O) groups excluding carboxylic acids is 2. The molecule has 2 aliphatic rings. The van der Waals surface area contributed by atoms with Crippen molar-refractivity contribution >= 4 is 11.9 Å². The van der Waals surface area contributed by atoms with Gasteiger partial charge in [0, 0.05) is 19.7 Å². The van der Waals surface area contributed by atoms with Crippen LogP contribution in [-0.2, 0) is 19.2 Å². The Hall–Kier alpha value is -1.44. The number of nitrogens with two attached hydrogens (primary N) is 1. The molecule has 0 spiro atoms. The number of primary amides is 1. The minimum Gasteiger partial charge on any atom is -0.460 e. The number of carbonyl (C=O) groups is 2. The molecule has 154 valence electrons. The summed E-state index contributed by atoms with van der Waals surface area (Å²) in [5, 5.41) is 3.41. The second-order valence-electron chi connectivity index (χ2n) is 9.59. The summed E-state index contributed by atoms with van der Waals surface area (Å²) in [6.45, 7) is 13.4. The van der Waals surface area contributed by atoms with E-state index in [1.54, 1.807) is 10.4 Å². The molecule has 2 rings (SSSR count). The summed E-state index contributed by atoms with van der Waals surface area (Å²) in [6.07, 6.45) is 4.09. The lowest BCUT2D eigenvalue weighted by atomic mass is 9.87. The first-order valence-electron chi connectivity index (χ1n) is 9.84.